The molecule has 0 aromatic rings. The van der Waals surface area contributed by atoms with Crippen LogP contribution in [0.1, 0.15) is 40.0 Å². The standard InChI is InChI=1S/C9H18O2/c1-8(2)5-4-7(10)6-9(8,3)11/h7,10-11H,4-6H2,1-3H3/t7?,9-/m0/s1. The lowest BCUT2D eigenvalue weighted by Gasteiger charge is -2.45. The first-order chi connectivity index (χ1) is 4.85. The maximum Gasteiger partial charge on any atom is 0.0695 e. The first-order valence-electron chi connectivity index (χ1n) is 4.26. The molecule has 1 rings (SSSR count). The molecule has 1 saturated carbocycles. The van der Waals surface area contributed by atoms with E-state index in [0.29, 0.717) is 6.42 Å². The molecule has 2 heteroatoms. The molecular formula is C9H18O2. The highest BCUT2D eigenvalue weighted by Crippen LogP contribution is 2.43. The molecule has 66 valence electrons. The monoisotopic (exact) mass is 158 g/mol. The Bertz CT molecular complexity index is 150. The Labute approximate surface area is 68.2 Å². The summed E-state index contributed by atoms with van der Waals surface area (Å²) in [7, 11) is 0. The van der Waals surface area contributed by atoms with E-state index >= 15 is 0 Å². The third-order valence-corrected chi connectivity index (χ3v) is 3.19. The molecule has 2 N–H and O–H groups in total. The van der Waals surface area contributed by atoms with Gasteiger partial charge in [0.05, 0.1) is 11.7 Å². The van der Waals surface area contributed by atoms with Gasteiger partial charge in [-0.15, -0.1) is 0 Å². The first-order valence-corrected chi connectivity index (χ1v) is 4.26. The van der Waals surface area contributed by atoms with Crippen molar-refractivity contribution in [1.82, 2.24) is 0 Å². The summed E-state index contributed by atoms with van der Waals surface area (Å²) < 4.78 is 0. The van der Waals surface area contributed by atoms with Gasteiger partial charge in [-0.1, -0.05) is 13.8 Å². The van der Waals surface area contributed by atoms with E-state index in [4.69, 9.17) is 0 Å². The van der Waals surface area contributed by atoms with Crippen LogP contribution in [0.2, 0.25) is 0 Å². The lowest BCUT2D eigenvalue weighted by atomic mass is 9.65. The van der Waals surface area contributed by atoms with Gasteiger partial charge >= 0.3 is 0 Å². The summed E-state index contributed by atoms with van der Waals surface area (Å²) in [5.41, 5.74) is -0.753. The third kappa shape index (κ3) is 1.57. The predicted molar refractivity (Wildman–Crippen MR) is 44.3 cm³/mol. The molecule has 1 unspecified atom stereocenters. The molecule has 0 radical (unpaired) electrons. The maximum absolute atomic E-state index is 9.91. The van der Waals surface area contributed by atoms with Gasteiger partial charge in [0.25, 0.3) is 0 Å². The smallest absolute Gasteiger partial charge is 0.0695 e. The summed E-state index contributed by atoms with van der Waals surface area (Å²) in [6, 6.07) is 0. The molecule has 0 bridgehead atoms. The highest BCUT2D eigenvalue weighted by atomic mass is 16.3. The van der Waals surface area contributed by atoms with Crippen molar-refractivity contribution < 1.29 is 10.2 Å². The van der Waals surface area contributed by atoms with Crippen molar-refractivity contribution in [2.24, 2.45) is 5.41 Å². The average Bonchev–Trinajstić information content (AvgIpc) is 1.80. The minimum atomic E-state index is -0.704. The highest BCUT2D eigenvalue weighted by molar-refractivity contribution is 4.95. The van der Waals surface area contributed by atoms with E-state index in [1.54, 1.807) is 0 Å². The number of hydrogen-bond acceptors (Lipinski definition) is 2. The second kappa shape index (κ2) is 2.46. The highest BCUT2D eigenvalue weighted by Gasteiger charge is 2.43. The molecule has 1 aliphatic carbocycles. The van der Waals surface area contributed by atoms with Crippen molar-refractivity contribution in [2.75, 3.05) is 0 Å². The molecule has 0 aromatic carbocycles. The van der Waals surface area contributed by atoms with Crippen LogP contribution in [-0.4, -0.2) is 21.9 Å². The van der Waals surface area contributed by atoms with Crippen molar-refractivity contribution in [3.05, 3.63) is 0 Å². The van der Waals surface area contributed by atoms with Crippen molar-refractivity contribution in [3.8, 4) is 0 Å². The van der Waals surface area contributed by atoms with E-state index in [0.717, 1.165) is 12.8 Å². The van der Waals surface area contributed by atoms with Crippen LogP contribution < -0.4 is 0 Å². The van der Waals surface area contributed by atoms with Crippen LogP contribution in [0.4, 0.5) is 0 Å². The zero-order chi connectivity index (χ0) is 8.70. The second-order valence-electron chi connectivity index (χ2n) is 4.55. The summed E-state index contributed by atoms with van der Waals surface area (Å²) in [4.78, 5) is 0. The van der Waals surface area contributed by atoms with Crippen LogP contribution in [0.3, 0.4) is 0 Å². The van der Waals surface area contributed by atoms with Gasteiger partial charge in [0, 0.05) is 6.42 Å². The number of aliphatic hydroxyl groups excluding tert-OH is 1. The molecule has 2 atom stereocenters. The quantitative estimate of drug-likeness (QED) is 0.558. The largest absolute Gasteiger partial charge is 0.393 e. The Morgan fingerprint density at radius 1 is 1.27 bits per heavy atom. The van der Waals surface area contributed by atoms with Crippen LogP contribution in [-0.2, 0) is 0 Å². The molecule has 0 aliphatic heterocycles. The maximum atomic E-state index is 9.91. The molecular weight excluding hydrogens is 140 g/mol. The van der Waals surface area contributed by atoms with E-state index in [9.17, 15) is 10.2 Å². The molecule has 0 spiro atoms. The van der Waals surface area contributed by atoms with E-state index < -0.39 is 5.60 Å². The molecule has 0 aromatic heterocycles. The minimum absolute atomic E-state index is 0.0494. The van der Waals surface area contributed by atoms with Gasteiger partial charge in [-0.25, -0.2) is 0 Å². The normalized spacial score (nSPS) is 43.9. The van der Waals surface area contributed by atoms with Gasteiger partial charge in [0.2, 0.25) is 0 Å². The SMILES string of the molecule is CC1(C)CCC(O)C[C@]1(C)O. The lowest BCUT2D eigenvalue weighted by molar-refractivity contribution is -0.116. The topological polar surface area (TPSA) is 40.5 Å². The Balaban J connectivity index is 2.72. The molecule has 11 heavy (non-hydrogen) atoms. The summed E-state index contributed by atoms with van der Waals surface area (Å²) in [5.74, 6) is 0. The van der Waals surface area contributed by atoms with E-state index in [-0.39, 0.29) is 11.5 Å². The van der Waals surface area contributed by atoms with Gasteiger partial charge in [0.1, 0.15) is 0 Å². The molecule has 0 heterocycles. The fourth-order valence-electron chi connectivity index (χ4n) is 1.63. The number of aliphatic hydroxyl groups is 2. The predicted octanol–water partition coefficient (Wildman–Crippen LogP) is 1.31. The van der Waals surface area contributed by atoms with Crippen LogP contribution in [0.15, 0.2) is 0 Å². The van der Waals surface area contributed by atoms with Crippen molar-refractivity contribution >= 4 is 0 Å². The van der Waals surface area contributed by atoms with Gasteiger partial charge in [-0.05, 0) is 25.2 Å². The summed E-state index contributed by atoms with van der Waals surface area (Å²) in [6.45, 7) is 5.92. The van der Waals surface area contributed by atoms with Crippen molar-refractivity contribution in [2.45, 2.75) is 51.7 Å². The fraction of sp³-hybridized carbons (Fsp3) is 1.00. The van der Waals surface area contributed by atoms with Crippen molar-refractivity contribution in [1.29, 1.82) is 0 Å². The molecule has 0 amide bonds. The van der Waals surface area contributed by atoms with Gasteiger partial charge in [0.15, 0.2) is 0 Å². The summed E-state index contributed by atoms with van der Waals surface area (Å²) in [5, 5.41) is 19.2. The lowest BCUT2D eigenvalue weighted by Crippen LogP contribution is -2.48. The van der Waals surface area contributed by atoms with E-state index in [1.807, 2.05) is 6.92 Å². The minimum Gasteiger partial charge on any atom is -0.393 e. The number of rotatable bonds is 0. The van der Waals surface area contributed by atoms with Crippen LogP contribution >= 0.6 is 0 Å². The van der Waals surface area contributed by atoms with E-state index in [1.165, 1.54) is 0 Å². The van der Waals surface area contributed by atoms with Crippen LogP contribution in [0, 0.1) is 5.41 Å². The first kappa shape index (κ1) is 9.01. The van der Waals surface area contributed by atoms with E-state index in [2.05, 4.69) is 13.8 Å². The molecule has 0 saturated heterocycles. The molecule has 1 fully saturated rings. The Kier molecular flexibility index (Phi) is 2.01. The Morgan fingerprint density at radius 2 is 1.82 bits per heavy atom. The Morgan fingerprint density at radius 3 is 2.18 bits per heavy atom. The van der Waals surface area contributed by atoms with Crippen LogP contribution in [0.25, 0.3) is 0 Å². The third-order valence-electron chi connectivity index (χ3n) is 3.19. The molecule has 1 aliphatic rings. The summed E-state index contributed by atoms with van der Waals surface area (Å²) in [6.07, 6.45) is 1.93. The van der Waals surface area contributed by atoms with Gasteiger partial charge in [-0.3, -0.25) is 0 Å². The fourth-order valence-corrected chi connectivity index (χ4v) is 1.63. The zero-order valence-electron chi connectivity index (χ0n) is 7.59. The van der Waals surface area contributed by atoms with Gasteiger partial charge in [-0.2, -0.15) is 0 Å². The van der Waals surface area contributed by atoms with Gasteiger partial charge < -0.3 is 10.2 Å². The Hall–Kier alpha value is -0.0800. The zero-order valence-corrected chi connectivity index (χ0v) is 7.59. The molecule has 2 nitrogen and oxygen atoms in total. The number of hydrogen-bond donors (Lipinski definition) is 2. The summed E-state index contributed by atoms with van der Waals surface area (Å²) >= 11 is 0. The van der Waals surface area contributed by atoms with Crippen LogP contribution in [0.5, 0.6) is 0 Å². The average molecular weight is 158 g/mol. The second-order valence-corrected chi connectivity index (χ2v) is 4.55. The van der Waals surface area contributed by atoms with Crippen molar-refractivity contribution in [3.63, 3.8) is 0 Å².